The van der Waals surface area contributed by atoms with E-state index in [4.69, 9.17) is 5.11 Å². The van der Waals surface area contributed by atoms with E-state index in [-0.39, 0.29) is 23.9 Å². The summed E-state index contributed by atoms with van der Waals surface area (Å²) in [5.41, 5.74) is 0. The third-order valence-electron chi connectivity index (χ3n) is 0.114. The van der Waals surface area contributed by atoms with E-state index >= 15 is 0 Å². The van der Waals surface area contributed by atoms with E-state index in [2.05, 4.69) is 0 Å². The normalized spacial score (nSPS) is 6.17. The molecule has 0 heterocycles. The molecule has 0 saturated heterocycles. The minimum Gasteiger partial charge on any atom is -0.481 e. The van der Waals surface area contributed by atoms with Crippen LogP contribution in [-0.4, -0.2) is 15.5 Å². The van der Waals surface area contributed by atoms with Gasteiger partial charge in [0.25, 0.3) is 0 Å². The number of aliphatic carboxylic acids is 1. The quantitative estimate of drug-likeness (QED) is 0.419. The number of halogens is 1. The van der Waals surface area contributed by atoms with Gasteiger partial charge in [0, 0.05) is 19.5 Å². The molecule has 0 rings (SSSR count). The topological polar surface area (TPSA) is 37.3 Å². The van der Waals surface area contributed by atoms with Crippen molar-refractivity contribution in [2.45, 2.75) is 0 Å². The fraction of sp³-hybridized carbons (Fsp3) is 0.500. The second-order valence-electron chi connectivity index (χ2n) is 0.527. The van der Waals surface area contributed by atoms with E-state index in [1.807, 2.05) is 0 Å². The molecule has 0 aliphatic heterocycles. The first-order valence-electron chi connectivity index (χ1n) is 1.05. The van der Waals surface area contributed by atoms with E-state index in [0.29, 0.717) is 0 Å². The van der Waals surface area contributed by atoms with Gasteiger partial charge in [-0.25, -0.2) is 0 Å². The van der Waals surface area contributed by atoms with Crippen molar-refractivity contribution in [1.29, 1.82) is 0 Å². The zero-order chi connectivity index (χ0) is 4.28. The van der Waals surface area contributed by atoms with Gasteiger partial charge in [-0.05, 0) is 0 Å². The molecule has 4 heteroatoms. The molecule has 0 aliphatic carbocycles. The molecule has 0 spiro atoms. The van der Waals surface area contributed by atoms with E-state index < -0.39 is 5.97 Å². The van der Waals surface area contributed by atoms with Crippen LogP contribution >= 0.6 is 22.6 Å². The fourth-order valence-electron chi connectivity index (χ4n) is 0. The van der Waals surface area contributed by atoms with Crippen LogP contribution in [0, 0.1) is 0 Å². The first-order chi connectivity index (χ1) is 2.27. The average Bonchev–Trinajstić information content (AvgIpc) is 1.38. The summed E-state index contributed by atoms with van der Waals surface area (Å²) < 4.78 is 0.192. The van der Waals surface area contributed by atoms with Gasteiger partial charge >= 0.3 is 5.97 Å². The van der Waals surface area contributed by atoms with Gasteiger partial charge in [-0.3, -0.25) is 4.79 Å². The Morgan fingerprint density at radius 1 is 1.83 bits per heavy atom. The number of carboxylic acid groups (broad SMARTS) is 1. The van der Waals surface area contributed by atoms with Crippen LogP contribution in [-0.2, 0) is 24.3 Å². The maximum Gasteiger partial charge on any atom is 0.313 e. The monoisotopic (exact) mass is 250 g/mol. The molecule has 2 nitrogen and oxygen atoms in total. The standard InChI is InChI=1S/C2H3IO2.Zn/c3-1-2(4)5;/h1H2,(H,4,5);. The number of rotatable bonds is 1. The molecule has 0 aromatic rings. The Morgan fingerprint density at radius 2 is 2.00 bits per heavy atom. The van der Waals surface area contributed by atoms with Crippen LogP contribution in [0.3, 0.4) is 0 Å². The Balaban J connectivity index is 0. The average molecular weight is 251 g/mol. The molecule has 0 saturated carbocycles. The molecule has 0 aliphatic rings. The zero-order valence-corrected chi connectivity index (χ0v) is 8.27. The van der Waals surface area contributed by atoms with Gasteiger partial charge in [0.15, 0.2) is 0 Å². The summed E-state index contributed by atoms with van der Waals surface area (Å²) in [6, 6.07) is 0. The maximum absolute atomic E-state index is 9.36. The molecule has 0 radical (unpaired) electrons. The summed E-state index contributed by atoms with van der Waals surface area (Å²) in [5.74, 6) is -0.759. The first kappa shape index (κ1) is 9.95. The molecule has 0 amide bonds. The SMILES string of the molecule is O=C(O)CI.[Zn]. The molecule has 0 atom stereocenters. The second kappa shape index (κ2) is 5.82. The number of hydrogen-bond acceptors (Lipinski definition) is 1. The Bertz CT molecular complexity index is 46.8. The molecule has 6 heavy (non-hydrogen) atoms. The van der Waals surface area contributed by atoms with Crippen molar-refractivity contribution < 1.29 is 29.4 Å². The van der Waals surface area contributed by atoms with Crippen LogP contribution in [0.4, 0.5) is 0 Å². The van der Waals surface area contributed by atoms with Gasteiger partial charge in [-0.15, -0.1) is 0 Å². The number of alkyl halides is 1. The summed E-state index contributed by atoms with van der Waals surface area (Å²) in [7, 11) is 0. The molecule has 0 aromatic heterocycles. The van der Waals surface area contributed by atoms with Crippen LogP contribution < -0.4 is 0 Å². The van der Waals surface area contributed by atoms with Crippen molar-refractivity contribution in [3.8, 4) is 0 Å². The molecule has 0 aromatic carbocycles. The van der Waals surface area contributed by atoms with Gasteiger partial charge in [0.2, 0.25) is 0 Å². The van der Waals surface area contributed by atoms with Crippen molar-refractivity contribution in [2.24, 2.45) is 0 Å². The summed E-state index contributed by atoms with van der Waals surface area (Å²) in [6.45, 7) is 0. The summed E-state index contributed by atoms with van der Waals surface area (Å²) in [4.78, 5) is 9.36. The minimum absolute atomic E-state index is 0. The van der Waals surface area contributed by atoms with E-state index in [0.717, 1.165) is 0 Å². The van der Waals surface area contributed by atoms with E-state index in [1.165, 1.54) is 0 Å². The van der Waals surface area contributed by atoms with Gasteiger partial charge in [0.05, 0.1) is 4.43 Å². The smallest absolute Gasteiger partial charge is 0.313 e. The van der Waals surface area contributed by atoms with E-state index in [1.54, 1.807) is 22.6 Å². The van der Waals surface area contributed by atoms with Crippen LogP contribution in [0.1, 0.15) is 0 Å². The summed E-state index contributed by atoms with van der Waals surface area (Å²) >= 11 is 1.78. The third-order valence-corrected chi connectivity index (χ3v) is 0.767. The summed E-state index contributed by atoms with van der Waals surface area (Å²) in [6.07, 6.45) is 0. The van der Waals surface area contributed by atoms with Gasteiger partial charge < -0.3 is 5.11 Å². The molecule has 1 N–H and O–H groups in total. The molecule has 0 fully saturated rings. The molecule has 0 bridgehead atoms. The van der Waals surface area contributed by atoms with Crippen molar-refractivity contribution in [3.05, 3.63) is 0 Å². The minimum atomic E-state index is -0.759. The Kier molecular flexibility index (Phi) is 9.65. The van der Waals surface area contributed by atoms with Crippen molar-refractivity contribution >= 4 is 28.6 Å². The Hall–Kier alpha value is 0.823. The van der Waals surface area contributed by atoms with Crippen LogP contribution in [0.2, 0.25) is 0 Å². The fourth-order valence-corrected chi connectivity index (χ4v) is 0. The number of carbonyl (C=O) groups is 1. The van der Waals surface area contributed by atoms with Gasteiger partial charge in [-0.2, -0.15) is 0 Å². The van der Waals surface area contributed by atoms with Crippen molar-refractivity contribution in [3.63, 3.8) is 0 Å². The molecule has 0 unspecified atom stereocenters. The number of carboxylic acids is 1. The molecule has 32 valence electrons. The van der Waals surface area contributed by atoms with Crippen LogP contribution in [0.15, 0.2) is 0 Å². The maximum atomic E-state index is 9.36. The first-order valence-corrected chi connectivity index (χ1v) is 2.57. The van der Waals surface area contributed by atoms with Crippen LogP contribution in [0.5, 0.6) is 0 Å². The number of hydrogen-bond donors (Lipinski definition) is 1. The summed E-state index contributed by atoms with van der Waals surface area (Å²) in [5, 5.41) is 7.71. The Morgan fingerprint density at radius 3 is 2.00 bits per heavy atom. The predicted molar refractivity (Wildman–Crippen MR) is 26.5 cm³/mol. The Labute approximate surface area is 62.2 Å². The molecular formula is C2H3IO2Zn. The van der Waals surface area contributed by atoms with Crippen molar-refractivity contribution in [2.75, 3.05) is 4.43 Å². The largest absolute Gasteiger partial charge is 0.481 e. The molecular weight excluding hydrogens is 248 g/mol. The van der Waals surface area contributed by atoms with E-state index in [9.17, 15) is 4.79 Å². The van der Waals surface area contributed by atoms with Crippen molar-refractivity contribution in [1.82, 2.24) is 0 Å². The third kappa shape index (κ3) is 8.85. The zero-order valence-electron chi connectivity index (χ0n) is 3.15. The second-order valence-corrected chi connectivity index (χ2v) is 1.29. The van der Waals surface area contributed by atoms with Gasteiger partial charge in [-0.1, -0.05) is 22.6 Å². The van der Waals surface area contributed by atoms with Crippen LogP contribution in [0.25, 0.3) is 0 Å². The predicted octanol–water partition coefficient (Wildman–Crippen LogP) is 0.504. The van der Waals surface area contributed by atoms with Gasteiger partial charge in [0.1, 0.15) is 0 Å².